The zero-order valence-corrected chi connectivity index (χ0v) is 16.8. The van der Waals surface area contributed by atoms with Crippen molar-refractivity contribution in [2.45, 2.75) is 18.7 Å². The summed E-state index contributed by atoms with van der Waals surface area (Å²) in [7, 11) is -3.63. The molecule has 0 radical (unpaired) electrons. The topological polar surface area (TPSA) is 84.9 Å². The van der Waals surface area contributed by atoms with E-state index in [2.05, 4.69) is 5.32 Å². The number of sulfonamides is 1. The van der Waals surface area contributed by atoms with Gasteiger partial charge in [-0.2, -0.15) is 4.31 Å². The fourth-order valence-electron chi connectivity index (χ4n) is 2.87. The molecule has 0 atom stereocenters. The number of hydrogen-bond acceptors (Lipinski definition) is 5. The van der Waals surface area contributed by atoms with Crippen molar-refractivity contribution in [2.75, 3.05) is 38.2 Å². The summed E-state index contributed by atoms with van der Waals surface area (Å²) in [5, 5.41) is 2.74. The van der Waals surface area contributed by atoms with Crippen molar-refractivity contribution in [3.8, 4) is 5.75 Å². The maximum absolute atomic E-state index is 12.8. The van der Waals surface area contributed by atoms with Gasteiger partial charge in [0.05, 0.1) is 18.1 Å². The Kier molecular flexibility index (Phi) is 6.33. The molecule has 2 aromatic carbocycles. The number of nitrogens with one attached hydrogen (secondary N) is 1. The van der Waals surface area contributed by atoms with Crippen LogP contribution in [0, 0.1) is 13.8 Å². The number of rotatable bonds is 6. The lowest BCUT2D eigenvalue weighted by Crippen LogP contribution is -2.40. The van der Waals surface area contributed by atoms with Gasteiger partial charge < -0.3 is 14.8 Å². The fraction of sp³-hybridized carbons (Fsp3) is 0.350. The Morgan fingerprint density at radius 3 is 2.61 bits per heavy atom. The number of nitrogens with zero attached hydrogens (tertiary/aromatic N) is 1. The summed E-state index contributed by atoms with van der Waals surface area (Å²) < 4.78 is 37.7. The van der Waals surface area contributed by atoms with E-state index in [0.29, 0.717) is 37.7 Å². The normalized spacial score (nSPS) is 15.2. The molecule has 0 unspecified atom stereocenters. The molecule has 1 amide bonds. The molecule has 3 rings (SSSR count). The van der Waals surface area contributed by atoms with E-state index in [1.807, 2.05) is 32.0 Å². The maximum atomic E-state index is 12.8. The van der Waals surface area contributed by atoms with Crippen molar-refractivity contribution < 1.29 is 22.7 Å². The summed E-state index contributed by atoms with van der Waals surface area (Å²) >= 11 is 0. The van der Waals surface area contributed by atoms with Crippen LogP contribution in [-0.2, 0) is 19.6 Å². The molecule has 1 saturated heterocycles. The number of carbonyl (C=O) groups is 1. The van der Waals surface area contributed by atoms with Gasteiger partial charge in [-0.25, -0.2) is 8.42 Å². The first kappa shape index (κ1) is 20.3. The molecule has 0 aliphatic carbocycles. The van der Waals surface area contributed by atoms with Crippen LogP contribution in [0.3, 0.4) is 0 Å². The number of anilines is 1. The molecule has 0 saturated carbocycles. The van der Waals surface area contributed by atoms with Gasteiger partial charge in [-0.1, -0.05) is 18.2 Å². The molecule has 28 heavy (non-hydrogen) atoms. The summed E-state index contributed by atoms with van der Waals surface area (Å²) in [5.41, 5.74) is 2.26. The van der Waals surface area contributed by atoms with Gasteiger partial charge in [0.1, 0.15) is 5.75 Å². The lowest BCUT2D eigenvalue weighted by molar-refractivity contribution is -0.118. The number of carbonyl (C=O) groups excluding carboxylic acids is 1. The number of hydrogen-bond donors (Lipinski definition) is 1. The van der Waals surface area contributed by atoms with Crippen molar-refractivity contribution in [1.29, 1.82) is 0 Å². The van der Waals surface area contributed by atoms with Gasteiger partial charge in [0.2, 0.25) is 10.0 Å². The largest absolute Gasteiger partial charge is 0.484 e. The van der Waals surface area contributed by atoms with Crippen molar-refractivity contribution in [3.63, 3.8) is 0 Å². The highest BCUT2D eigenvalue weighted by molar-refractivity contribution is 7.89. The molecule has 2 aromatic rings. The molecule has 8 heteroatoms. The standard InChI is InChI=1S/C20H24N2O5S/c1-15-4-3-5-17(12-15)27-14-20(23)21-19-13-18(7-6-16(19)2)28(24,25)22-8-10-26-11-9-22/h3-7,12-13H,8-11,14H2,1-2H3,(H,21,23). The number of ether oxygens (including phenoxy) is 2. The van der Waals surface area contributed by atoms with Crippen molar-refractivity contribution >= 4 is 21.6 Å². The Bertz CT molecular complexity index is 953. The summed E-state index contributed by atoms with van der Waals surface area (Å²) in [5.74, 6) is 0.251. The maximum Gasteiger partial charge on any atom is 0.262 e. The molecule has 7 nitrogen and oxygen atoms in total. The highest BCUT2D eigenvalue weighted by Crippen LogP contribution is 2.23. The summed E-state index contributed by atoms with van der Waals surface area (Å²) in [6.07, 6.45) is 0. The molecule has 0 bridgehead atoms. The van der Waals surface area contributed by atoms with Crippen LogP contribution in [0.5, 0.6) is 5.75 Å². The molecule has 1 aliphatic rings. The Hall–Kier alpha value is -2.42. The first-order chi connectivity index (χ1) is 13.4. The average Bonchev–Trinajstić information content (AvgIpc) is 2.69. The fourth-order valence-corrected chi connectivity index (χ4v) is 4.31. The van der Waals surface area contributed by atoms with Crippen molar-refractivity contribution in [3.05, 3.63) is 53.6 Å². The van der Waals surface area contributed by atoms with E-state index in [9.17, 15) is 13.2 Å². The third kappa shape index (κ3) is 4.89. The lowest BCUT2D eigenvalue weighted by Gasteiger charge is -2.26. The molecular weight excluding hydrogens is 380 g/mol. The molecule has 150 valence electrons. The molecule has 1 N–H and O–H groups in total. The van der Waals surface area contributed by atoms with Crippen LogP contribution < -0.4 is 10.1 Å². The molecule has 1 heterocycles. The van der Waals surface area contributed by atoms with Gasteiger partial charge in [0.15, 0.2) is 6.61 Å². The van der Waals surface area contributed by atoms with E-state index in [4.69, 9.17) is 9.47 Å². The van der Waals surface area contributed by atoms with Crippen LogP contribution >= 0.6 is 0 Å². The monoisotopic (exact) mass is 404 g/mol. The number of morpholine rings is 1. The second-order valence-corrected chi connectivity index (χ2v) is 8.58. The molecular formula is C20H24N2O5S. The van der Waals surface area contributed by atoms with Gasteiger partial charge in [0.25, 0.3) is 5.91 Å². The zero-order chi connectivity index (χ0) is 20.1. The third-order valence-electron chi connectivity index (χ3n) is 4.45. The van der Waals surface area contributed by atoms with Crippen LogP contribution in [0.4, 0.5) is 5.69 Å². The summed E-state index contributed by atoms with van der Waals surface area (Å²) in [6, 6.07) is 12.1. The van der Waals surface area contributed by atoms with Crippen LogP contribution in [-0.4, -0.2) is 51.5 Å². The third-order valence-corrected chi connectivity index (χ3v) is 6.35. The van der Waals surface area contributed by atoms with Crippen LogP contribution in [0.2, 0.25) is 0 Å². The van der Waals surface area contributed by atoms with E-state index in [0.717, 1.165) is 11.1 Å². The van der Waals surface area contributed by atoms with E-state index in [1.165, 1.54) is 10.4 Å². The van der Waals surface area contributed by atoms with Crippen LogP contribution in [0.1, 0.15) is 11.1 Å². The second-order valence-electron chi connectivity index (χ2n) is 6.65. The van der Waals surface area contributed by atoms with Crippen molar-refractivity contribution in [1.82, 2.24) is 4.31 Å². The average molecular weight is 404 g/mol. The number of aryl methyl sites for hydroxylation is 2. The Morgan fingerprint density at radius 1 is 1.14 bits per heavy atom. The highest BCUT2D eigenvalue weighted by atomic mass is 32.2. The van der Waals surface area contributed by atoms with Gasteiger partial charge in [0, 0.05) is 18.8 Å². The van der Waals surface area contributed by atoms with E-state index in [1.54, 1.807) is 18.2 Å². The van der Waals surface area contributed by atoms with E-state index < -0.39 is 10.0 Å². The van der Waals surface area contributed by atoms with Gasteiger partial charge >= 0.3 is 0 Å². The smallest absolute Gasteiger partial charge is 0.262 e. The molecule has 0 aromatic heterocycles. The quantitative estimate of drug-likeness (QED) is 0.799. The van der Waals surface area contributed by atoms with Crippen molar-refractivity contribution in [2.24, 2.45) is 0 Å². The summed E-state index contributed by atoms with van der Waals surface area (Å²) in [6.45, 7) is 4.99. The Balaban J connectivity index is 1.70. The summed E-state index contributed by atoms with van der Waals surface area (Å²) in [4.78, 5) is 12.4. The molecule has 1 fully saturated rings. The molecule has 1 aliphatic heterocycles. The second kappa shape index (κ2) is 8.72. The molecule has 0 spiro atoms. The van der Waals surface area contributed by atoms with E-state index >= 15 is 0 Å². The minimum absolute atomic E-state index is 0.148. The Morgan fingerprint density at radius 2 is 1.89 bits per heavy atom. The minimum Gasteiger partial charge on any atom is -0.484 e. The van der Waals surface area contributed by atoms with Crippen LogP contribution in [0.15, 0.2) is 47.4 Å². The first-order valence-electron chi connectivity index (χ1n) is 9.04. The minimum atomic E-state index is -3.63. The van der Waals surface area contributed by atoms with E-state index in [-0.39, 0.29) is 17.4 Å². The Labute approximate surface area is 165 Å². The lowest BCUT2D eigenvalue weighted by atomic mass is 10.2. The predicted octanol–water partition coefficient (Wildman–Crippen LogP) is 2.34. The predicted molar refractivity (Wildman–Crippen MR) is 106 cm³/mol. The first-order valence-corrected chi connectivity index (χ1v) is 10.5. The van der Waals surface area contributed by atoms with Gasteiger partial charge in [-0.3, -0.25) is 4.79 Å². The van der Waals surface area contributed by atoms with Crippen LogP contribution in [0.25, 0.3) is 0 Å². The van der Waals surface area contributed by atoms with Gasteiger partial charge in [-0.05, 0) is 49.2 Å². The SMILES string of the molecule is Cc1cccc(OCC(=O)Nc2cc(S(=O)(=O)N3CCOCC3)ccc2C)c1. The number of amides is 1. The number of benzene rings is 2. The van der Waals surface area contributed by atoms with Gasteiger partial charge in [-0.15, -0.1) is 0 Å². The highest BCUT2D eigenvalue weighted by Gasteiger charge is 2.26. The zero-order valence-electron chi connectivity index (χ0n) is 16.0.